The summed E-state index contributed by atoms with van der Waals surface area (Å²) in [6.07, 6.45) is 3.62. The first-order valence-electron chi connectivity index (χ1n) is 10.00. The second-order valence-electron chi connectivity index (χ2n) is 7.71. The third-order valence-electron chi connectivity index (χ3n) is 5.88. The zero-order valence-corrected chi connectivity index (χ0v) is 17.2. The third-order valence-corrected chi connectivity index (χ3v) is 7.06. The second kappa shape index (κ2) is 6.85. The predicted molar refractivity (Wildman–Crippen MR) is 115 cm³/mol. The number of benzene rings is 1. The van der Waals surface area contributed by atoms with Gasteiger partial charge < -0.3 is 9.80 Å². The first kappa shape index (κ1) is 17.6. The standard InChI is InChI=1S/C22H24N4OS/c1-14(27)16-6-8-17(9-7-16)25-10-12-26(13-11-25)21-20-18-4-3-5-19(18)28-22(20)24-15(2)23-21/h6-9H,3-5,10-13H2,1-2H3. The van der Waals surface area contributed by atoms with E-state index in [1.54, 1.807) is 6.92 Å². The van der Waals surface area contributed by atoms with Gasteiger partial charge in [-0.05, 0) is 62.9 Å². The Balaban J connectivity index is 1.39. The molecule has 1 aliphatic carbocycles. The molecule has 28 heavy (non-hydrogen) atoms. The lowest BCUT2D eigenvalue weighted by atomic mass is 10.1. The lowest BCUT2D eigenvalue weighted by Gasteiger charge is -2.37. The van der Waals surface area contributed by atoms with Crippen molar-refractivity contribution >= 4 is 38.8 Å². The highest BCUT2D eigenvalue weighted by Gasteiger charge is 2.26. The molecule has 1 aliphatic heterocycles. The van der Waals surface area contributed by atoms with E-state index in [4.69, 9.17) is 9.97 Å². The molecule has 0 saturated carbocycles. The van der Waals surface area contributed by atoms with Gasteiger partial charge >= 0.3 is 0 Å². The van der Waals surface area contributed by atoms with Crippen LogP contribution in [0.15, 0.2) is 24.3 Å². The summed E-state index contributed by atoms with van der Waals surface area (Å²) in [5.74, 6) is 2.11. The summed E-state index contributed by atoms with van der Waals surface area (Å²) in [7, 11) is 0. The number of ketones is 1. The van der Waals surface area contributed by atoms with Crippen LogP contribution < -0.4 is 9.80 Å². The number of nitrogens with zero attached hydrogens (tertiary/aromatic N) is 4. The molecule has 5 rings (SSSR count). The van der Waals surface area contributed by atoms with E-state index >= 15 is 0 Å². The van der Waals surface area contributed by atoms with Crippen LogP contribution in [0.1, 0.15) is 40.0 Å². The summed E-state index contributed by atoms with van der Waals surface area (Å²) < 4.78 is 0. The molecule has 0 unspecified atom stereocenters. The number of carbonyl (C=O) groups excluding carboxylic acids is 1. The maximum absolute atomic E-state index is 11.5. The fourth-order valence-electron chi connectivity index (χ4n) is 4.39. The van der Waals surface area contributed by atoms with E-state index in [2.05, 4.69) is 21.9 Å². The van der Waals surface area contributed by atoms with Crippen molar-refractivity contribution in [1.29, 1.82) is 0 Å². The number of hydrogen-bond acceptors (Lipinski definition) is 6. The summed E-state index contributed by atoms with van der Waals surface area (Å²) in [6.45, 7) is 7.42. The normalized spacial score (nSPS) is 16.6. The van der Waals surface area contributed by atoms with Gasteiger partial charge in [0.1, 0.15) is 16.5 Å². The molecule has 5 nitrogen and oxygen atoms in total. The highest BCUT2D eigenvalue weighted by atomic mass is 32.1. The van der Waals surface area contributed by atoms with Crippen molar-refractivity contribution in [3.63, 3.8) is 0 Å². The maximum atomic E-state index is 11.5. The Hall–Kier alpha value is -2.47. The van der Waals surface area contributed by atoms with Gasteiger partial charge in [-0.25, -0.2) is 9.97 Å². The molecule has 3 aromatic rings. The van der Waals surface area contributed by atoms with Crippen LogP contribution in [-0.4, -0.2) is 41.9 Å². The Kier molecular flexibility index (Phi) is 4.31. The van der Waals surface area contributed by atoms with Crippen LogP contribution >= 0.6 is 11.3 Å². The molecule has 6 heteroatoms. The Bertz CT molecular complexity index is 1050. The van der Waals surface area contributed by atoms with Gasteiger partial charge in [0.05, 0.1) is 5.39 Å². The van der Waals surface area contributed by atoms with Gasteiger partial charge in [0.2, 0.25) is 0 Å². The minimum absolute atomic E-state index is 0.114. The number of Topliss-reactive ketones (excluding diaryl/α,β-unsaturated/α-hetero) is 1. The lowest BCUT2D eigenvalue weighted by molar-refractivity contribution is 0.101. The van der Waals surface area contributed by atoms with Crippen LogP contribution in [0.4, 0.5) is 11.5 Å². The number of carbonyl (C=O) groups is 1. The van der Waals surface area contributed by atoms with Crippen LogP contribution in [0, 0.1) is 6.92 Å². The van der Waals surface area contributed by atoms with E-state index in [0.717, 1.165) is 54.6 Å². The van der Waals surface area contributed by atoms with Crippen molar-refractivity contribution in [3.05, 3.63) is 46.1 Å². The number of aryl methyl sites for hydroxylation is 3. The molecule has 0 amide bonds. The molecule has 0 atom stereocenters. The summed E-state index contributed by atoms with van der Waals surface area (Å²) in [5, 5.41) is 1.31. The number of rotatable bonds is 3. The van der Waals surface area contributed by atoms with Crippen LogP contribution in [-0.2, 0) is 12.8 Å². The zero-order chi connectivity index (χ0) is 19.3. The molecule has 2 aliphatic rings. The first-order chi connectivity index (χ1) is 13.6. The second-order valence-corrected chi connectivity index (χ2v) is 8.79. The van der Waals surface area contributed by atoms with E-state index < -0.39 is 0 Å². The Morgan fingerprint density at radius 1 is 1.00 bits per heavy atom. The van der Waals surface area contributed by atoms with Gasteiger partial charge in [-0.2, -0.15) is 0 Å². The summed E-state index contributed by atoms with van der Waals surface area (Å²) in [5.41, 5.74) is 3.45. The van der Waals surface area contributed by atoms with Gasteiger partial charge in [-0.1, -0.05) is 0 Å². The van der Waals surface area contributed by atoms with E-state index in [9.17, 15) is 4.79 Å². The Morgan fingerprint density at radius 3 is 2.43 bits per heavy atom. The van der Waals surface area contributed by atoms with Crippen molar-refractivity contribution < 1.29 is 4.79 Å². The molecule has 1 fully saturated rings. The number of aromatic nitrogens is 2. The van der Waals surface area contributed by atoms with Crippen LogP contribution in [0.3, 0.4) is 0 Å². The number of fused-ring (bicyclic) bond motifs is 3. The number of thiophene rings is 1. The van der Waals surface area contributed by atoms with Crippen LogP contribution in [0.2, 0.25) is 0 Å². The summed E-state index contributed by atoms with van der Waals surface area (Å²) >= 11 is 1.86. The van der Waals surface area contributed by atoms with Gasteiger partial charge in [0, 0.05) is 42.3 Å². The van der Waals surface area contributed by atoms with E-state index in [1.165, 1.54) is 34.4 Å². The minimum atomic E-state index is 0.114. The molecular formula is C22H24N4OS. The SMILES string of the molecule is CC(=O)c1ccc(N2CCN(c3nc(C)nc4sc5c(c34)CCC5)CC2)cc1. The highest BCUT2D eigenvalue weighted by Crippen LogP contribution is 2.40. The number of piperazine rings is 1. The predicted octanol–water partition coefficient (Wildman–Crippen LogP) is 4.02. The number of anilines is 2. The maximum Gasteiger partial charge on any atom is 0.159 e. The van der Waals surface area contributed by atoms with E-state index in [0.29, 0.717) is 0 Å². The zero-order valence-electron chi connectivity index (χ0n) is 16.4. The smallest absolute Gasteiger partial charge is 0.159 e. The number of hydrogen-bond donors (Lipinski definition) is 0. The molecule has 3 heterocycles. The molecule has 0 spiro atoms. The molecule has 144 valence electrons. The van der Waals surface area contributed by atoms with E-state index in [-0.39, 0.29) is 5.78 Å². The molecule has 1 saturated heterocycles. The minimum Gasteiger partial charge on any atom is -0.368 e. The molecule has 0 N–H and O–H groups in total. The third kappa shape index (κ3) is 2.96. The van der Waals surface area contributed by atoms with Gasteiger partial charge in [-0.3, -0.25) is 4.79 Å². The summed E-state index contributed by atoms with van der Waals surface area (Å²) in [6, 6.07) is 7.97. The average Bonchev–Trinajstić information content (AvgIpc) is 3.28. The van der Waals surface area contributed by atoms with E-state index in [1.807, 2.05) is 30.4 Å². The molecule has 0 bridgehead atoms. The molecule has 2 aromatic heterocycles. The fourth-order valence-corrected chi connectivity index (χ4v) is 5.69. The highest BCUT2D eigenvalue weighted by molar-refractivity contribution is 7.19. The first-order valence-corrected chi connectivity index (χ1v) is 10.8. The van der Waals surface area contributed by atoms with Crippen molar-refractivity contribution in [2.75, 3.05) is 36.0 Å². The largest absolute Gasteiger partial charge is 0.368 e. The Morgan fingerprint density at radius 2 is 1.71 bits per heavy atom. The monoisotopic (exact) mass is 392 g/mol. The molecule has 1 aromatic carbocycles. The summed E-state index contributed by atoms with van der Waals surface area (Å²) in [4.78, 5) is 28.6. The fraction of sp³-hybridized carbons (Fsp3) is 0.409. The average molecular weight is 393 g/mol. The van der Waals surface area contributed by atoms with Crippen molar-refractivity contribution in [1.82, 2.24) is 9.97 Å². The lowest BCUT2D eigenvalue weighted by Crippen LogP contribution is -2.47. The Labute approximate surface area is 169 Å². The quantitative estimate of drug-likeness (QED) is 0.630. The molecular weight excluding hydrogens is 368 g/mol. The van der Waals surface area contributed by atoms with Crippen LogP contribution in [0.25, 0.3) is 10.2 Å². The van der Waals surface area contributed by atoms with Crippen LogP contribution in [0.5, 0.6) is 0 Å². The van der Waals surface area contributed by atoms with Crippen molar-refractivity contribution in [2.24, 2.45) is 0 Å². The van der Waals surface area contributed by atoms with Gasteiger partial charge in [0.25, 0.3) is 0 Å². The van der Waals surface area contributed by atoms with Crippen molar-refractivity contribution in [2.45, 2.75) is 33.1 Å². The van der Waals surface area contributed by atoms with Gasteiger partial charge in [-0.15, -0.1) is 11.3 Å². The van der Waals surface area contributed by atoms with Crippen molar-refractivity contribution in [3.8, 4) is 0 Å². The van der Waals surface area contributed by atoms with Gasteiger partial charge in [0.15, 0.2) is 5.78 Å². The molecule has 0 radical (unpaired) electrons. The topological polar surface area (TPSA) is 49.3 Å².